The number of benzene rings is 1. The molecule has 1 heterocycles. The van der Waals surface area contributed by atoms with Gasteiger partial charge in [0.05, 0.1) is 12.2 Å². The summed E-state index contributed by atoms with van der Waals surface area (Å²) < 4.78 is 26.0. The van der Waals surface area contributed by atoms with Crippen LogP contribution < -0.4 is 0 Å². The van der Waals surface area contributed by atoms with Crippen molar-refractivity contribution in [2.24, 2.45) is 0 Å². The Hall–Kier alpha value is -1.40. The highest BCUT2D eigenvalue weighted by atomic mass is 32.2. The van der Waals surface area contributed by atoms with Gasteiger partial charge in [-0.05, 0) is 23.5 Å². The predicted octanol–water partition coefficient (Wildman–Crippen LogP) is 2.63. The van der Waals surface area contributed by atoms with Crippen LogP contribution in [0.5, 0.6) is 0 Å². The van der Waals surface area contributed by atoms with Crippen molar-refractivity contribution in [2.45, 2.75) is 46.0 Å². The van der Waals surface area contributed by atoms with Crippen molar-refractivity contribution in [1.82, 2.24) is 9.21 Å². The van der Waals surface area contributed by atoms with Crippen LogP contribution in [0.3, 0.4) is 0 Å². The molecule has 0 N–H and O–H groups in total. The Balaban J connectivity index is 1.86. The lowest BCUT2D eigenvalue weighted by Crippen LogP contribution is -2.51. The third-order valence-corrected chi connectivity index (χ3v) is 6.70. The minimum Gasteiger partial charge on any atom is -0.340 e. The summed E-state index contributed by atoms with van der Waals surface area (Å²) in [5.41, 5.74) is 2.27. The van der Waals surface area contributed by atoms with Gasteiger partial charge in [-0.15, -0.1) is 0 Å². The van der Waals surface area contributed by atoms with Crippen molar-refractivity contribution in [1.29, 1.82) is 0 Å². The van der Waals surface area contributed by atoms with Crippen LogP contribution in [0.15, 0.2) is 24.3 Å². The number of carbonyl (C=O) groups excluding carboxylic acids is 1. The Morgan fingerprint density at radius 3 is 2.20 bits per heavy atom. The molecule has 2 rings (SSSR count). The fraction of sp³-hybridized carbons (Fsp3) is 0.632. The Bertz CT molecular complexity index is 660. The van der Waals surface area contributed by atoms with Crippen molar-refractivity contribution in [3.8, 4) is 0 Å². The molecule has 1 aliphatic heterocycles. The molecule has 1 aliphatic rings. The third kappa shape index (κ3) is 5.54. The fourth-order valence-electron chi connectivity index (χ4n) is 2.98. The van der Waals surface area contributed by atoms with E-state index in [2.05, 4.69) is 26.0 Å². The van der Waals surface area contributed by atoms with Crippen molar-refractivity contribution in [2.75, 3.05) is 31.9 Å². The summed E-state index contributed by atoms with van der Waals surface area (Å²) in [5.74, 6) is 0.759. The highest BCUT2D eigenvalue weighted by Gasteiger charge is 2.28. The van der Waals surface area contributed by atoms with Crippen molar-refractivity contribution < 1.29 is 13.2 Å². The van der Waals surface area contributed by atoms with Gasteiger partial charge >= 0.3 is 0 Å². The highest BCUT2D eigenvalue weighted by Crippen LogP contribution is 2.16. The van der Waals surface area contributed by atoms with Gasteiger partial charge in [-0.2, -0.15) is 4.31 Å². The molecule has 0 aromatic heterocycles. The van der Waals surface area contributed by atoms with Gasteiger partial charge in [0.1, 0.15) is 0 Å². The minimum absolute atomic E-state index is 0.0721. The van der Waals surface area contributed by atoms with E-state index in [1.165, 1.54) is 9.87 Å². The van der Waals surface area contributed by atoms with E-state index in [4.69, 9.17) is 0 Å². The Morgan fingerprint density at radius 1 is 1.08 bits per heavy atom. The van der Waals surface area contributed by atoms with Crippen molar-refractivity contribution in [3.05, 3.63) is 35.4 Å². The molecule has 0 spiro atoms. The van der Waals surface area contributed by atoms with E-state index in [1.54, 1.807) is 4.90 Å². The molecule has 1 amide bonds. The molecular weight excluding hydrogens is 336 g/mol. The summed E-state index contributed by atoms with van der Waals surface area (Å²) in [7, 11) is -3.17. The van der Waals surface area contributed by atoms with Gasteiger partial charge in [0.15, 0.2) is 0 Å². The summed E-state index contributed by atoms with van der Waals surface area (Å²) in [6.45, 7) is 8.05. The average molecular weight is 367 g/mol. The molecule has 1 aromatic carbocycles. The summed E-state index contributed by atoms with van der Waals surface area (Å²) in [6, 6.07) is 8.18. The monoisotopic (exact) mass is 366 g/mol. The lowest BCUT2D eigenvalue weighted by atomic mass is 10.0. The zero-order chi connectivity index (χ0) is 18.4. The van der Waals surface area contributed by atoms with Crippen LogP contribution in [-0.4, -0.2) is 55.5 Å². The molecule has 0 saturated carbocycles. The van der Waals surface area contributed by atoms with E-state index in [-0.39, 0.29) is 11.7 Å². The minimum atomic E-state index is -3.17. The Kier molecular flexibility index (Phi) is 7.02. The first-order valence-corrected chi connectivity index (χ1v) is 10.8. The number of sulfonamides is 1. The summed E-state index contributed by atoms with van der Waals surface area (Å²) >= 11 is 0. The number of hydrogen-bond donors (Lipinski definition) is 0. The number of rotatable bonds is 7. The maximum atomic E-state index is 12.5. The van der Waals surface area contributed by atoms with Crippen LogP contribution in [0.1, 0.15) is 50.7 Å². The zero-order valence-corrected chi connectivity index (χ0v) is 16.4. The normalized spacial score (nSPS) is 16.4. The molecule has 0 atom stereocenters. The van der Waals surface area contributed by atoms with Gasteiger partial charge in [0.25, 0.3) is 0 Å². The molecule has 1 fully saturated rings. The predicted molar refractivity (Wildman–Crippen MR) is 101 cm³/mol. The summed E-state index contributed by atoms with van der Waals surface area (Å²) in [6.07, 6.45) is 1.93. The SMILES string of the molecule is CCCCS(=O)(=O)N1CCN(C(=O)Cc2ccc(C(C)C)cc2)CC1. The molecule has 1 saturated heterocycles. The molecule has 1 aromatic rings. The van der Waals surface area contributed by atoms with Gasteiger partial charge in [-0.25, -0.2) is 8.42 Å². The molecular formula is C19H30N2O3S. The second-order valence-corrected chi connectivity index (χ2v) is 9.11. The summed E-state index contributed by atoms with van der Waals surface area (Å²) in [5, 5.41) is 0. The van der Waals surface area contributed by atoms with Crippen LogP contribution in [-0.2, 0) is 21.2 Å². The topological polar surface area (TPSA) is 57.7 Å². The lowest BCUT2D eigenvalue weighted by Gasteiger charge is -2.34. The quantitative estimate of drug-likeness (QED) is 0.745. The Morgan fingerprint density at radius 2 is 1.68 bits per heavy atom. The first kappa shape index (κ1) is 19.9. The maximum Gasteiger partial charge on any atom is 0.227 e. The van der Waals surface area contributed by atoms with Crippen LogP contribution in [0.4, 0.5) is 0 Å². The van der Waals surface area contributed by atoms with E-state index in [9.17, 15) is 13.2 Å². The van der Waals surface area contributed by atoms with E-state index >= 15 is 0 Å². The first-order chi connectivity index (χ1) is 11.8. The van der Waals surface area contributed by atoms with Gasteiger partial charge in [-0.3, -0.25) is 4.79 Å². The highest BCUT2D eigenvalue weighted by molar-refractivity contribution is 7.89. The van der Waals surface area contributed by atoms with Crippen LogP contribution in [0.2, 0.25) is 0 Å². The first-order valence-electron chi connectivity index (χ1n) is 9.18. The summed E-state index contributed by atoms with van der Waals surface area (Å²) in [4.78, 5) is 14.3. The third-order valence-electron chi connectivity index (χ3n) is 4.74. The van der Waals surface area contributed by atoms with Crippen LogP contribution in [0, 0.1) is 0 Å². The standard InChI is InChI=1S/C19H30N2O3S/c1-4-5-14-25(23,24)21-12-10-20(11-13-21)19(22)15-17-6-8-18(9-7-17)16(2)3/h6-9,16H,4-5,10-15H2,1-3H3. The lowest BCUT2D eigenvalue weighted by molar-refractivity contribution is -0.131. The average Bonchev–Trinajstić information content (AvgIpc) is 2.60. The molecule has 0 bridgehead atoms. The maximum absolute atomic E-state index is 12.5. The Labute approximate surface area is 152 Å². The van der Waals surface area contributed by atoms with Gasteiger partial charge in [0, 0.05) is 26.2 Å². The van der Waals surface area contributed by atoms with Crippen LogP contribution >= 0.6 is 0 Å². The molecule has 5 nitrogen and oxygen atoms in total. The number of unbranched alkanes of at least 4 members (excludes halogenated alkanes) is 1. The molecule has 25 heavy (non-hydrogen) atoms. The van der Waals surface area contributed by atoms with Gasteiger partial charge in [-0.1, -0.05) is 51.5 Å². The van der Waals surface area contributed by atoms with E-state index in [1.807, 2.05) is 19.1 Å². The number of nitrogens with zero attached hydrogens (tertiary/aromatic N) is 2. The van der Waals surface area contributed by atoms with Crippen molar-refractivity contribution >= 4 is 15.9 Å². The number of carbonyl (C=O) groups is 1. The van der Waals surface area contributed by atoms with Crippen molar-refractivity contribution in [3.63, 3.8) is 0 Å². The molecule has 140 valence electrons. The molecule has 0 unspecified atom stereocenters. The number of hydrogen-bond acceptors (Lipinski definition) is 3. The van der Waals surface area contributed by atoms with Gasteiger partial charge < -0.3 is 4.90 Å². The van der Waals surface area contributed by atoms with E-state index < -0.39 is 10.0 Å². The van der Waals surface area contributed by atoms with Gasteiger partial charge in [0.2, 0.25) is 15.9 Å². The van der Waals surface area contributed by atoms with E-state index in [0.717, 1.165) is 12.0 Å². The van der Waals surface area contributed by atoms with E-state index in [0.29, 0.717) is 44.9 Å². The second kappa shape index (κ2) is 8.81. The zero-order valence-electron chi connectivity index (χ0n) is 15.6. The smallest absolute Gasteiger partial charge is 0.227 e. The molecule has 6 heteroatoms. The molecule has 0 aliphatic carbocycles. The number of amides is 1. The molecule has 0 radical (unpaired) electrons. The largest absolute Gasteiger partial charge is 0.340 e. The second-order valence-electron chi connectivity index (χ2n) is 7.02. The van der Waals surface area contributed by atoms with Crippen LogP contribution in [0.25, 0.3) is 0 Å². The number of piperazine rings is 1. The fourth-order valence-corrected chi connectivity index (χ4v) is 4.61.